The van der Waals surface area contributed by atoms with Crippen molar-refractivity contribution >= 4 is 34.0 Å². The Bertz CT molecular complexity index is 1140. The summed E-state index contributed by atoms with van der Waals surface area (Å²) in [4.78, 5) is 4.05. The molecule has 3 aliphatic rings. The van der Waals surface area contributed by atoms with Gasteiger partial charge >= 0.3 is 219 Å². The second kappa shape index (κ2) is 8.99. The molecular weight excluding hydrogens is 655 g/mol. The number of hydrogen-bond donors (Lipinski definition) is 3. The summed E-state index contributed by atoms with van der Waals surface area (Å²) in [6.45, 7) is 0. The summed E-state index contributed by atoms with van der Waals surface area (Å²) < 4.78 is -0.953. The van der Waals surface area contributed by atoms with Crippen molar-refractivity contribution in [1.82, 2.24) is 16.0 Å². The van der Waals surface area contributed by atoms with Crippen LogP contribution in [0.2, 0.25) is 0 Å². The zero-order chi connectivity index (χ0) is 22.9. The molecule has 0 radical (unpaired) electrons. The van der Waals surface area contributed by atoms with Crippen molar-refractivity contribution in [1.29, 1.82) is 0 Å². The van der Waals surface area contributed by atoms with Crippen LogP contribution in [0.4, 0.5) is 0 Å². The van der Waals surface area contributed by atoms with Crippen molar-refractivity contribution in [3.63, 3.8) is 0 Å². The van der Waals surface area contributed by atoms with Gasteiger partial charge in [0.2, 0.25) is 0 Å². The maximum absolute atomic E-state index is 3.93. The van der Waals surface area contributed by atoms with Gasteiger partial charge in [0, 0.05) is 0 Å². The minimum atomic E-state index is -2.61. The zero-order valence-corrected chi connectivity index (χ0v) is 23.0. The SMILES string of the molecule is C1=CN[C](c2cccs2)([Ir]([C]2(c3cccs3)C=CC=CN2)[C]2(c3cccs3)C=CC=CN2)C=C1. The minimum absolute atomic E-state index is 0.318. The predicted molar refractivity (Wildman–Crippen MR) is 142 cm³/mol. The average molecular weight is 679 g/mol. The first kappa shape index (κ1) is 22.1. The molecule has 0 aliphatic carbocycles. The normalized spacial score (nSPS) is 29.5. The fourth-order valence-electron chi connectivity index (χ4n) is 4.44. The van der Waals surface area contributed by atoms with E-state index in [0.717, 1.165) is 0 Å². The van der Waals surface area contributed by atoms with Crippen LogP contribution in [0.25, 0.3) is 0 Å². The molecule has 0 saturated heterocycles. The Hall–Kier alpha value is -2.41. The third-order valence-corrected chi connectivity index (χ3v) is 19.9. The van der Waals surface area contributed by atoms with Crippen LogP contribution in [0.1, 0.15) is 14.6 Å². The van der Waals surface area contributed by atoms with Crippen molar-refractivity contribution in [2.45, 2.75) is 12.2 Å². The average Bonchev–Trinajstić information content (AvgIpc) is 3.69. The van der Waals surface area contributed by atoms with Crippen molar-refractivity contribution in [2.75, 3.05) is 0 Å². The molecule has 0 saturated carbocycles. The van der Waals surface area contributed by atoms with Gasteiger partial charge in [0.05, 0.1) is 0 Å². The Morgan fingerprint density at radius 1 is 0.500 bits per heavy atom. The van der Waals surface area contributed by atoms with Crippen LogP contribution < -0.4 is 16.0 Å². The zero-order valence-electron chi connectivity index (χ0n) is 18.2. The van der Waals surface area contributed by atoms with Crippen LogP contribution in [0.3, 0.4) is 0 Å². The summed E-state index contributed by atoms with van der Waals surface area (Å²) in [6, 6.07) is 13.4. The Kier molecular flexibility index (Phi) is 5.84. The van der Waals surface area contributed by atoms with Crippen molar-refractivity contribution in [2.24, 2.45) is 0 Å². The molecule has 3 aromatic rings. The van der Waals surface area contributed by atoms with Crippen LogP contribution in [0, 0.1) is 0 Å². The molecule has 3 aliphatic heterocycles. The first-order chi connectivity index (χ1) is 16.8. The van der Waals surface area contributed by atoms with E-state index >= 15 is 0 Å². The number of thiophene rings is 3. The molecule has 3 atom stereocenters. The maximum atomic E-state index is 3.93. The van der Waals surface area contributed by atoms with Gasteiger partial charge in [0.25, 0.3) is 0 Å². The molecule has 3 unspecified atom stereocenters. The molecule has 34 heavy (non-hydrogen) atoms. The van der Waals surface area contributed by atoms with Gasteiger partial charge in [-0.15, -0.1) is 0 Å². The monoisotopic (exact) mass is 679 g/mol. The van der Waals surface area contributed by atoms with E-state index in [9.17, 15) is 0 Å². The van der Waals surface area contributed by atoms with Gasteiger partial charge in [-0.3, -0.25) is 0 Å². The van der Waals surface area contributed by atoms with Crippen LogP contribution in [0.15, 0.2) is 126 Å². The van der Waals surface area contributed by atoms with E-state index < -0.39 is 16.5 Å². The number of nitrogens with one attached hydrogen (secondary N) is 3. The van der Waals surface area contributed by atoms with Gasteiger partial charge in [0.15, 0.2) is 0 Å². The van der Waals surface area contributed by atoms with Gasteiger partial charge in [-0.2, -0.15) is 0 Å². The first-order valence-corrected chi connectivity index (χ1v) is 17.1. The second-order valence-corrected chi connectivity index (χ2v) is 18.1. The summed E-state index contributed by atoms with van der Waals surface area (Å²) in [7, 11) is 0. The van der Waals surface area contributed by atoms with Crippen molar-refractivity contribution in [3.05, 3.63) is 140 Å². The van der Waals surface area contributed by atoms with Crippen molar-refractivity contribution < 1.29 is 16.5 Å². The van der Waals surface area contributed by atoms with E-state index in [1.807, 2.05) is 34.0 Å². The fraction of sp³-hybridized carbons (Fsp3) is 0.111. The van der Waals surface area contributed by atoms with E-state index in [-0.39, 0.29) is 12.2 Å². The summed E-state index contributed by atoms with van der Waals surface area (Å²) in [5.41, 5.74) is 0. The molecular formula is C27H24IrN3S3. The van der Waals surface area contributed by atoms with E-state index in [0.29, 0.717) is 0 Å². The molecule has 6 heterocycles. The summed E-state index contributed by atoms with van der Waals surface area (Å²) in [6.07, 6.45) is 26.6. The summed E-state index contributed by atoms with van der Waals surface area (Å²) >= 11 is 2.90. The predicted octanol–water partition coefficient (Wildman–Crippen LogP) is 6.37. The second-order valence-electron chi connectivity index (χ2n) is 7.80. The van der Waals surface area contributed by atoms with E-state index in [1.54, 1.807) is 0 Å². The molecule has 0 fully saturated rings. The molecule has 0 amide bonds. The van der Waals surface area contributed by atoms with E-state index in [4.69, 9.17) is 0 Å². The van der Waals surface area contributed by atoms with Crippen LogP contribution in [-0.4, -0.2) is 0 Å². The molecule has 3 nitrogen and oxygen atoms in total. The Morgan fingerprint density at radius 3 is 1.09 bits per heavy atom. The molecule has 0 aromatic carbocycles. The van der Waals surface area contributed by atoms with Gasteiger partial charge in [-0.25, -0.2) is 0 Å². The molecule has 0 bridgehead atoms. The third-order valence-electron chi connectivity index (χ3n) is 5.83. The van der Waals surface area contributed by atoms with E-state index in [2.05, 4.69) is 142 Å². The Balaban J connectivity index is 1.71. The van der Waals surface area contributed by atoms with Gasteiger partial charge in [0.1, 0.15) is 0 Å². The molecule has 3 aromatic heterocycles. The first-order valence-electron chi connectivity index (χ1n) is 10.9. The molecule has 6 rings (SSSR count). The molecule has 3 N–H and O–H groups in total. The standard InChI is InChI=1S/3C9H8NS.Ir/c3*1-2-6-10-8(4-1)9-5-3-7-11-9;/h3*1-7,10H;. The van der Waals surface area contributed by atoms with Gasteiger partial charge in [-0.05, 0) is 0 Å². The summed E-state index contributed by atoms with van der Waals surface area (Å²) in [5.74, 6) is 0. The molecule has 7 heteroatoms. The third kappa shape index (κ3) is 3.38. The molecule has 174 valence electrons. The van der Waals surface area contributed by atoms with Crippen LogP contribution >= 0.6 is 34.0 Å². The van der Waals surface area contributed by atoms with E-state index in [1.165, 1.54) is 14.6 Å². The molecule has 0 spiro atoms. The topological polar surface area (TPSA) is 36.1 Å². The van der Waals surface area contributed by atoms with Crippen molar-refractivity contribution in [3.8, 4) is 0 Å². The van der Waals surface area contributed by atoms with Crippen LogP contribution in [0.5, 0.6) is 0 Å². The Labute approximate surface area is 217 Å². The number of rotatable bonds is 6. The van der Waals surface area contributed by atoms with Crippen LogP contribution in [-0.2, 0) is 28.6 Å². The van der Waals surface area contributed by atoms with Gasteiger partial charge in [-0.1, -0.05) is 0 Å². The number of dihydropyridines is 3. The Morgan fingerprint density at radius 2 is 0.853 bits per heavy atom. The number of allylic oxidation sites excluding steroid dienone is 6. The quantitative estimate of drug-likeness (QED) is 0.284. The number of hydrogen-bond acceptors (Lipinski definition) is 6. The van der Waals surface area contributed by atoms with Gasteiger partial charge < -0.3 is 0 Å². The fourth-order valence-corrected chi connectivity index (χ4v) is 20.0. The summed E-state index contributed by atoms with van der Waals surface area (Å²) in [5, 5.41) is 18.4.